The molecule has 2 heterocycles. The number of nitro groups is 1. The summed E-state index contributed by atoms with van der Waals surface area (Å²) >= 11 is 0. The van der Waals surface area contributed by atoms with Crippen molar-refractivity contribution in [1.82, 2.24) is 9.38 Å². The van der Waals surface area contributed by atoms with Crippen LogP contribution in [-0.4, -0.2) is 20.4 Å². The standard InChI is InChI=1S/C17H14N4O3/c1-11(2)24-14-6-3-12(4-7-14)17-15(9-18)20-10-13(21(22)23)5-8-16(20)19-17/h3-8,10-11H,1-2H3. The number of fused-ring (bicyclic) bond motifs is 1. The third-order valence-electron chi connectivity index (χ3n) is 3.42. The van der Waals surface area contributed by atoms with Crippen LogP contribution in [0.15, 0.2) is 42.6 Å². The lowest BCUT2D eigenvalue weighted by molar-refractivity contribution is -0.385. The van der Waals surface area contributed by atoms with Gasteiger partial charge in [-0.05, 0) is 44.2 Å². The molecule has 0 aliphatic carbocycles. The Morgan fingerprint density at radius 2 is 1.96 bits per heavy atom. The van der Waals surface area contributed by atoms with Gasteiger partial charge in [-0.3, -0.25) is 14.5 Å². The molecule has 3 aromatic rings. The SMILES string of the molecule is CC(C)Oc1ccc(-c2nc3ccc([N+](=O)[O-])cn3c2C#N)cc1. The fraction of sp³-hybridized carbons (Fsp3) is 0.176. The second-order valence-electron chi connectivity index (χ2n) is 5.48. The van der Waals surface area contributed by atoms with E-state index in [1.54, 1.807) is 0 Å². The number of ether oxygens (including phenoxy) is 1. The van der Waals surface area contributed by atoms with E-state index in [0.717, 1.165) is 11.3 Å². The van der Waals surface area contributed by atoms with Crippen molar-refractivity contribution in [3.8, 4) is 23.1 Å². The molecule has 0 spiro atoms. The smallest absolute Gasteiger partial charge is 0.286 e. The monoisotopic (exact) mass is 322 g/mol. The van der Waals surface area contributed by atoms with Crippen LogP contribution in [0.1, 0.15) is 19.5 Å². The van der Waals surface area contributed by atoms with Crippen LogP contribution < -0.4 is 4.74 Å². The first-order valence-corrected chi connectivity index (χ1v) is 7.33. The highest BCUT2D eigenvalue weighted by molar-refractivity contribution is 5.70. The maximum absolute atomic E-state index is 10.9. The maximum Gasteiger partial charge on any atom is 0.286 e. The van der Waals surface area contributed by atoms with E-state index in [2.05, 4.69) is 11.1 Å². The number of aromatic nitrogens is 2. The largest absolute Gasteiger partial charge is 0.491 e. The fourth-order valence-corrected chi connectivity index (χ4v) is 2.41. The van der Waals surface area contributed by atoms with Gasteiger partial charge in [0.1, 0.15) is 23.2 Å². The highest BCUT2D eigenvalue weighted by Gasteiger charge is 2.16. The van der Waals surface area contributed by atoms with E-state index in [4.69, 9.17) is 4.74 Å². The van der Waals surface area contributed by atoms with Crippen LogP contribution in [0.4, 0.5) is 5.69 Å². The van der Waals surface area contributed by atoms with Crippen LogP contribution in [0, 0.1) is 21.4 Å². The van der Waals surface area contributed by atoms with Crippen molar-refractivity contribution in [3.05, 3.63) is 58.4 Å². The Bertz CT molecular complexity index is 952. The zero-order valence-corrected chi connectivity index (χ0v) is 13.1. The quantitative estimate of drug-likeness (QED) is 0.540. The first-order chi connectivity index (χ1) is 11.5. The molecule has 0 bridgehead atoms. The summed E-state index contributed by atoms with van der Waals surface area (Å²) in [4.78, 5) is 14.8. The summed E-state index contributed by atoms with van der Waals surface area (Å²) in [6, 6.07) is 12.2. The van der Waals surface area contributed by atoms with E-state index in [9.17, 15) is 15.4 Å². The average Bonchev–Trinajstić information content (AvgIpc) is 2.92. The van der Waals surface area contributed by atoms with E-state index < -0.39 is 4.92 Å². The van der Waals surface area contributed by atoms with Gasteiger partial charge in [0.15, 0.2) is 5.69 Å². The topological polar surface area (TPSA) is 93.5 Å². The molecule has 0 amide bonds. The van der Waals surface area contributed by atoms with Gasteiger partial charge in [0.05, 0.1) is 17.2 Å². The number of hydrogen-bond donors (Lipinski definition) is 0. The predicted molar refractivity (Wildman–Crippen MR) is 87.8 cm³/mol. The summed E-state index contributed by atoms with van der Waals surface area (Å²) in [5, 5.41) is 20.4. The Morgan fingerprint density at radius 3 is 2.54 bits per heavy atom. The van der Waals surface area contributed by atoms with Crippen molar-refractivity contribution in [1.29, 1.82) is 5.26 Å². The Labute approximate surface area is 137 Å². The van der Waals surface area contributed by atoms with Gasteiger partial charge >= 0.3 is 0 Å². The van der Waals surface area contributed by atoms with Gasteiger partial charge < -0.3 is 4.74 Å². The predicted octanol–water partition coefficient (Wildman–Crippen LogP) is 3.57. The molecular weight excluding hydrogens is 308 g/mol. The Kier molecular flexibility index (Phi) is 3.88. The molecule has 2 aromatic heterocycles. The average molecular weight is 322 g/mol. The fourth-order valence-electron chi connectivity index (χ4n) is 2.41. The number of imidazole rings is 1. The summed E-state index contributed by atoms with van der Waals surface area (Å²) < 4.78 is 7.03. The Morgan fingerprint density at radius 1 is 1.25 bits per heavy atom. The number of pyridine rings is 1. The van der Waals surface area contributed by atoms with Crippen molar-refractivity contribution in [2.75, 3.05) is 0 Å². The summed E-state index contributed by atoms with van der Waals surface area (Å²) in [7, 11) is 0. The van der Waals surface area contributed by atoms with Gasteiger partial charge in [-0.15, -0.1) is 0 Å². The van der Waals surface area contributed by atoms with Crippen LogP contribution in [0.25, 0.3) is 16.9 Å². The molecule has 0 saturated heterocycles. The normalized spacial score (nSPS) is 10.8. The molecule has 0 aliphatic rings. The number of benzene rings is 1. The first kappa shape index (κ1) is 15.5. The van der Waals surface area contributed by atoms with Crippen LogP contribution in [0.3, 0.4) is 0 Å². The zero-order chi connectivity index (χ0) is 17.3. The zero-order valence-electron chi connectivity index (χ0n) is 13.1. The summed E-state index contributed by atoms with van der Waals surface area (Å²) in [6.45, 7) is 3.88. The van der Waals surface area contributed by atoms with Gasteiger partial charge in [-0.25, -0.2) is 4.98 Å². The van der Waals surface area contributed by atoms with Gasteiger partial charge in [-0.1, -0.05) is 0 Å². The molecule has 3 rings (SSSR count). The lowest BCUT2D eigenvalue weighted by Gasteiger charge is -2.09. The van der Waals surface area contributed by atoms with Crippen LogP contribution in [-0.2, 0) is 0 Å². The molecular formula is C17H14N4O3. The number of hydrogen-bond acceptors (Lipinski definition) is 5. The second-order valence-corrected chi connectivity index (χ2v) is 5.48. The third kappa shape index (κ3) is 2.77. The van der Waals surface area contributed by atoms with Crippen LogP contribution in [0.5, 0.6) is 5.75 Å². The van der Waals surface area contributed by atoms with E-state index in [1.807, 2.05) is 38.1 Å². The van der Waals surface area contributed by atoms with Crippen molar-refractivity contribution in [3.63, 3.8) is 0 Å². The first-order valence-electron chi connectivity index (χ1n) is 7.33. The van der Waals surface area contributed by atoms with Crippen molar-refractivity contribution in [2.45, 2.75) is 20.0 Å². The summed E-state index contributed by atoms with van der Waals surface area (Å²) in [6.07, 6.45) is 1.38. The summed E-state index contributed by atoms with van der Waals surface area (Å²) in [5.74, 6) is 0.728. The molecule has 0 radical (unpaired) electrons. The van der Waals surface area contributed by atoms with Crippen LogP contribution >= 0.6 is 0 Å². The molecule has 0 fully saturated rings. The van der Waals surface area contributed by atoms with Crippen LogP contribution in [0.2, 0.25) is 0 Å². The highest BCUT2D eigenvalue weighted by atomic mass is 16.6. The van der Waals surface area contributed by atoms with Gasteiger partial charge in [0, 0.05) is 11.6 Å². The maximum atomic E-state index is 10.9. The number of rotatable bonds is 4. The molecule has 0 saturated carbocycles. The highest BCUT2D eigenvalue weighted by Crippen LogP contribution is 2.27. The molecule has 1 aromatic carbocycles. The minimum atomic E-state index is -0.502. The summed E-state index contributed by atoms with van der Waals surface area (Å²) in [5.41, 5.74) is 1.87. The van der Waals surface area contributed by atoms with Gasteiger partial charge in [0.2, 0.25) is 0 Å². The molecule has 120 valence electrons. The lowest BCUT2D eigenvalue weighted by atomic mass is 10.1. The number of nitrogens with zero attached hydrogens (tertiary/aromatic N) is 4. The molecule has 0 N–H and O–H groups in total. The van der Waals surface area contributed by atoms with E-state index in [0.29, 0.717) is 11.3 Å². The van der Waals surface area contributed by atoms with E-state index in [-0.39, 0.29) is 17.5 Å². The van der Waals surface area contributed by atoms with Crippen molar-refractivity contribution < 1.29 is 9.66 Å². The molecule has 7 heteroatoms. The van der Waals surface area contributed by atoms with Crippen molar-refractivity contribution in [2.24, 2.45) is 0 Å². The molecule has 0 atom stereocenters. The van der Waals surface area contributed by atoms with Crippen molar-refractivity contribution >= 4 is 11.3 Å². The second kappa shape index (κ2) is 6.01. The molecule has 7 nitrogen and oxygen atoms in total. The molecule has 0 aliphatic heterocycles. The van der Waals surface area contributed by atoms with E-state index >= 15 is 0 Å². The number of nitriles is 1. The third-order valence-corrected chi connectivity index (χ3v) is 3.42. The minimum absolute atomic E-state index is 0.0706. The molecule has 0 unspecified atom stereocenters. The van der Waals surface area contributed by atoms with Gasteiger partial charge in [-0.2, -0.15) is 5.26 Å². The molecule has 24 heavy (non-hydrogen) atoms. The minimum Gasteiger partial charge on any atom is -0.491 e. The lowest BCUT2D eigenvalue weighted by Crippen LogP contribution is -2.05. The Hall–Kier alpha value is -3.40. The Balaban J connectivity index is 2.09. The van der Waals surface area contributed by atoms with Gasteiger partial charge in [0.25, 0.3) is 5.69 Å². The van der Waals surface area contributed by atoms with E-state index in [1.165, 1.54) is 22.7 Å².